The summed E-state index contributed by atoms with van der Waals surface area (Å²) in [5.74, 6) is -1.98. The molecule has 0 saturated carbocycles. The summed E-state index contributed by atoms with van der Waals surface area (Å²) in [5, 5.41) is 19.2. The third-order valence-electron chi connectivity index (χ3n) is 2.12. The van der Waals surface area contributed by atoms with Gasteiger partial charge in [-0.2, -0.15) is 0 Å². The number of benzene rings is 1. The second-order valence-corrected chi connectivity index (χ2v) is 3.35. The molecule has 0 aliphatic rings. The van der Waals surface area contributed by atoms with E-state index in [1.54, 1.807) is 0 Å². The summed E-state index contributed by atoms with van der Waals surface area (Å²) in [7, 11) is 0. The molecule has 7 nitrogen and oxygen atoms in total. The van der Waals surface area contributed by atoms with Crippen molar-refractivity contribution in [3.63, 3.8) is 0 Å². The van der Waals surface area contributed by atoms with Crippen LogP contribution in [0.4, 0.5) is 5.69 Å². The lowest BCUT2D eigenvalue weighted by atomic mass is 10.0. The fraction of sp³-hybridized carbons (Fsp3) is 0.200. The molecule has 17 heavy (non-hydrogen) atoms. The fourth-order valence-corrected chi connectivity index (χ4v) is 1.27. The Balaban J connectivity index is 2.97. The number of carboxylic acids is 1. The number of carboxylic acid groups (broad SMARTS) is 1. The molecule has 0 aliphatic heterocycles. The highest BCUT2D eigenvalue weighted by atomic mass is 16.6. The zero-order valence-electron chi connectivity index (χ0n) is 8.70. The van der Waals surface area contributed by atoms with Gasteiger partial charge in [-0.15, -0.1) is 0 Å². The highest BCUT2D eigenvalue weighted by Gasteiger charge is 2.23. The van der Waals surface area contributed by atoms with Crippen LogP contribution in [0.15, 0.2) is 24.3 Å². The molecule has 0 aromatic heterocycles. The smallest absolute Gasteiger partial charge is 0.320 e. The van der Waals surface area contributed by atoms with E-state index in [0.717, 1.165) is 0 Å². The van der Waals surface area contributed by atoms with E-state index in [1.165, 1.54) is 24.3 Å². The van der Waals surface area contributed by atoms with Gasteiger partial charge in [-0.25, -0.2) is 0 Å². The predicted octanol–water partition coefficient (Wildman–Crippen LogP) is 0.580. The van der Waals surface area contributed by atoms with Crippen LogP contribution in [0.3, 0.4) is 0 Å². The van der Waals surface area contributed by atoms with E-state index in [0.29, 0.717) is 0 Å². The largest absolute Gasteiger partial charge is 0.480 e. The average molecular weight is 238 g/mol. The minimum absolute atomic E-state index is 0.130. The summed E-state index contributed by atoms with van der Waals surface area (Å²) in [4.78, 5) is 32.1. The van der Waals surface area contributed by atoms with Gasteiger partial charge in [0.2, 0.25) is 0 Å². The minimum atomic E-state index is -1.36. The minimum Gasteiger partial charge on any atom is -0.480 e. The van der Waals surface area contributed by atoms with Crippen molar-refractivity contribution in [2.45, 2.75) is 12.5 Å². The molecule has 0 saturated heterocycles. The molecule has 1 atom stereocenters. The molecule has 0 fully saturated rings. The zero-order valence-corrected chi connectivity index (χ0v) is 8.70. The van der Waals surface area contributed by atoms with E-state index in [1.807, 2.05) is 0 Å². The first-order valence-corrected chi connectivity index (χ1v) is 4.68. The molecule has 0 spiro atoms. The summed E-state index contributed by atoms with van der Waals surface area (Å²) in [6, 6.07) is 3.98. The number of para-hydroxylation sites is 1. The van der Waals surface area contributed by atoms with E-state index >= 15 is 0 Å². The Hall–Kier alpha value is -2.28. The van der Waals surface area contributed by atoms with E-state index in [2.05, 4.69) is 0 Å². The normalized spacial score (nSPS) is 11.8. The number of hydrogen-bond acceptors (Lipinski definition) is 5. The first-order valence-electron chi connectivity index (χ1n) is 4.68. The van der Waals surface area contributed by atoms with E-state index in [-0.39, 0.29) is 11.3 Å². The number of nitro benzene ring substituents is 1. The van der Waals surface area contributed by atoms with E-state index in [4.69, 9.17) is 10.8 Å². The maximum Gasteiger partial charge on any atom is 0.320 e. The van der Waals surface area contributed by atoms with Crippen molar-refractivity contribution in [3.05, 3.63) is 39.9 Å². The number of nitrogens with zero attached hydrogens (tertiary/aromatic N) is 1. The third kappa shape index (κ3) is 3.08. The van der Waals surface area contributed by atoms with Gasteiger partial charge in [0.1, 0.15) is 6.04 Å². The first-order chi connectivity index (χ1) is 7.93. The molecule has 90 valence electrons. The number of ketones is 1. The van der Waals surface area contributed by atoms with Crippen molar-refractivity contribution in [2.75, 3.05) is 0 Å². The number of rotatable bonds is 5. The maximum absolute atomic E-state index is 11.6. The molecular weight excluding hydrogens is 228 g/mol. The van der Waals surface area contributed by atoms with Gasteiger partial charge < -0.3 is 10.8 Å². The van der Waals surface area contributed by atoms with Crippen LogP contribution in [0.25, 0.3) is 0 Å². The Morgan fingerprint density at radius 3 is 2.53 bits per heavy atom. The lowest BCUT2D eigenvalue weighted by Gasteiger charge is -2.05. The molecule has 0 heterocycles. The standard InChI is InChI=1S/C10H10N2O5/c11-7(10(14)15)5-9(13)6-3-1-2-4-8(6)12(16)17/h1-4,7H,5,11H2,(H,14,15)/t7-/m1/s1. The van der Waals surface area contributed by atoms with Crippen molar-refractivity contribution in [1.82, 2.24) is 0 Å². The molecule has 0 bridgehead atoms. The van der Waals surface area contributed by atoms with Gasteiger partial charge in [0.25, 0.3) is 5.69 Å². The van der Waals surface area contributed by atoms with Crippen molar-refractivity contribution in [2.24, 2.45) is 5.73 Å². The summed E-state index contributed by atoms with van der Waals surface area (Å²) in [6.07, 6.45) is -0.472. The number of carbonyl (C=O) groups is 2. The third-order valence-corrected chi connectivity index (χ3v) is 2.12. The first kappa shape index (κ1) is 12.8. The molecule has 0 amide bonds. The second kappa shape index (κ2) is 5.17. The number of hydrogen-bond donors (Lipinski definition) is 2. The van der Waals surface area contributed by atoms with Crippen LogP contribution in [0.5, 0.6) is 0 Å². The topological polar surface area (TPSA) is 124 Å². The highest BCUT2D eigenvalue weighted by molar-refractivity contribution is 6.01. The van der Waals surface area contributed by atoms with Crippen molar-refractivity contribution in [3.8, 4) is 0 Å². The number of Topliss-reactive ketones (excluding diaryl/α,β-unsaturated/α-hetero) is 1. The quantitative estimate of drug-likeness (QED) is 0.439. The Morgan fingerprint density at radius 2 is 2.00 bits per heavy atom. The Morgan fingerprint density at radius 1 is 1.41 bits per heavy atom. The Labute approximate surface area is 96.0 Å². The van der Waals surface area contributed by atoms with Gasteiger partial charge in [-0.1, -0.05) is 12.1 Å². The molecule has 3 N–H and O–H groups in total. The van der Waals surface area contributed by atoms with Crippen molar-refractivity contribution >= 4 is 17.4 Å². The molecule has 7 heteroatoms. The SMILES string of the molecule is N[C@H](CC(=O)c1ccccc1[N+](=O)[O-])C(=O)O. The summed E-state index contributed by atoms with van der Waals surface area (Å²) in [6.45, 7) is 0. The Kier molecular flexibility index (Phi) is 3.89. The molecular formula is C10H10N2O5. The van der Waals surface area contributed by atoms with Gasteiger partial charge in [0.05, 0.1) is 10.5 Å². The number of nitro groups is 1. The van der Waals surface area contributed by atoms with Crippen LogP contribution in [-0.2, 0) is 4.79 Å². The maximum atomic E-state index is 11.6. The molecule has 0 unspecified atom stereocenters. The van der Waals surface area contributed by atoms with E-state index in [9.17, 15) is 19.7 Å². The number of aliphatic carboxylic acids is 1. The fourth-order valence-electron chi connectivity index (χ4n) is 1.27. The van der Waals surface area contributed by atoms with Crippen molar-refractivity contribution < 1.29 is 19.6 Å². The Bertz CT molecular complexity index is 472. The van der Waals surface area contributed by atoms with Crippen LogP contribution in [-0.4, -0.2) is 27.8 Å². The molecule has 1 rings (SSSR count). The highest BCUT2D eigenvalue weighted by Crippen LogP contribution is 2.19. The van der Waals surface area contributed by atoms with Crippen LogP contribution < -0.4 is 5.73 Å². The van der Waals surface area contributed by atoms with E-state index < -0.39 is 29.1 Å². The van der Waals surface area contributed by atoms with Crippen LogP contribution in [0.2, 0.25) is 0 Å². The zero-order chi connectivity index (χ0) is 13.0. The second-order valence-electron chi connectivity index (χ2n) is 3.35. The molecule has 0 aliphatic carbocycles. The average Bonchev–Trinajstić information content (AvgIpc) is 2.28. The van der Waals surface area contributed by atoms with Crippen LogP contribution in [0, 0.1) is 10.1 Å². The van der Waals surface area contributed by atoms with Crippen molar-refractivity contribution in [1.29, 1.82) is 0 Å². The molecule has 0 radical (unpaired) electrons. The van der Waals surface area contributed by atoms with Gasteiger partial charge in [-0.3, -0.25) is 19.7 Å². The molecule has 1 aromatic carbocycles. The van der Waals surface area contributed by atoms with Gasteiger partial charge in [-0.05, 0) is 6.07 Å². The van der Waals surface area contributed by atoms with Gasteiger partial charge in [0.15, 0.2) is 5.78 Å². The lowest BCUT2D eigenvalue weighted by Crippen LogP contribution is -2.32. The number of nitrogens with two attached hydrogens (primary N) is 1. The molecule has 1 aromatic rings. The van der Waals surface area contributed by atoms with Gasteiger partial charge in [0, 0.05) is 12.5 Å². The predicted molar refractivity (Wildman–Crippen MR) is 57.7 cm³/mol. The van der Waals surface area contributed by atoms with Gasteiger partial charge >= 0.3 is 5.97 Å². The van der Waals surface area contributed by atoms with Crippen LogP contribution in [0.1, 0.15) is 16.8 Å². The monoisotopic (exact) mass is 238 g/mol. The number of carbonyl (C=O) groups excluding carboxylic acids is 1. The van der Waals surface area contributed by atoms with Crippen LogP contribution >= 0.6 is 0 Å². The summed E-state index contributed by atoms with van der Waals surface area (Å²) < 4.78 is 0. The summed E-state index contributed by atoms with van der Waals surface area (Å²) in [5.41, 5.74) is 4.71. The summed E-state index contributed by atoms with van der Waals surface area (Å²) >= 11 is 0. The lowest BCUT2D eigenvalue weighted by molar-refractivity contribution is -0.385.